The van der Waals surface area contributed by atoms with E-state index in [9.17, 15) is 0 Å². The van der Waals surface area contributed by atoms with Gasteiger partial charge in [-0.2, -0.15) is 0 Å². The number of rotatable bonds is 0. The van der Waals surface area contributed by atoms with E-state index in [0.717, 1.165) is 0 Å². The summed E-state index contributed by atoms with van der Waals surface area (Å²) in [7, 11) is 0. The van der Waals surface area contributed by atoms with Crippen molar-refractivity contribution in [1.29, 1.82) is 0 Å². The summed E-state index contributed by atoms with van der Waals surface area (Å²) >= 11 is 5.05. The van der Waals surface area contributed by atoms with Crippen LogP contribution < -0.4 is 0 Å². The molecule has 0 aliphatic heterocycles. The lowest BCUT2D eigenvalue weighted by Crippen LogP contribution is -2.42. The molecule has 0 amide bonds. The van der Waals surface area contributed by atoms with Gasteiger partial charge in [-0.15, -0.1) is 0 Å². The minimum Gasteiger partial charge on any atom is -0.0816 e. The van der Waals surface area contributed by atoms with Crippen LogP contribution in [0.4, 0.5) is 0 Å². The smallest absolute Gasteiger partial charge is 0.0209 e. The van der Waals surface area contributed by atoms with Gasteiger partial charge in [0.25, 0.3) is 0 Å². The number of hydrogen-bond acceptors (Lipinski definition) is 0. The largest absolute Gasteiger partial charge is 0.0816 e. The Hall–Kier alpha value is 0.680. The van der Waals surface area contributed by atoms with E-state index in [-0.39, 0.29) is 0 Å². The Morgan fingerprint density at radius 2 is 1.75 bits per heavy atom. The van der Waals surface area contributed by atoms with Crippen LogP contribution in [0.2, 0.25) is 0 Å². The van der Waals surface area contributed by atoms with Crippen molar-refractivity contribution in [3.05, 3.63) is 32.9 Å². The van der Waals surface area contributed by atoms with Gasteiger partial charge < -0.3 is 0 Å². The molecule has 0 saturated carbocycles. The van der Waals surface area contributed by atoms with E-state index < -0.39 is 0 Å². The van der Waals surface area contributed by atoms with Crippen molar-refractivity contribution in [2.75, 3.05) is 0 Å². The minimum absolute atomic E-state index is 0.301. The lowest BCUT2D eigenvalue weighted by Gasteiger charge is -2.45. The monoisotopic (exact) mass is 440 g/mol. The molecule has 1 atom stereocenters. The highest BCUT2D eigenvalue weighted by Gasteiger charge is 2.42. The molecule has 0 saturated heterocycles. The zero-order valence-electron chi connectivity index (χ0n) is 10.3. The summed E-state index contributed by atoms with van der Waals surface area (Å²) in [6.45, 7) is 9.52. The SMILES string of the molecule is CC1(C)CC(I)C(C)(C)c2ccc(I)cc21. The molecule has 0 radical (unpaired) electrons. The molecule has 2 rings (SSSR count). The molecule has 0 nitrogen and oxygen atoms in total. The standard InChI is InChI=1S/C14H18I2/c1-13(2)8-12(16)14(3,4)10-6-5-9(15)7-11(10)13/h5-7,12H,8H2,1-4H3. The summed E-state index contributed by atoms with van der Waals surface area (Å²) < 4.78 is 2.07. The Labute approximate surface area is 126 Å². The topological polar surface area (TPSA) is 0 Å². The molecule has 0 N–H and O–H groups in total. The summed E-state index contributed by atoms with van der Waals surface area (Å²) in [6, 6.07) is 6.95. The van der Waals surface area contributed by atoms with Crippen LogP contribution in [-0.4, -0.2) is 3.92 Å². The second kappa shape index (κ2) is 4.11. The molecule has 1 aliphatic rings. The van der Waals surface area contributed by atoms with E-state index in [1.54, 1.807) is 11.1 Å². The molecule has 88 valence electrons. The third-order valence-electron chi connectivity index (χ3n) is 3.88. The predicted molar refractivity (Wildman–Crippen MR) is 87.6 cm³/mol. The molecule has 1 aliphatic carbocycles. The Balaban J connectivity index is 2.67. The first kappa shape index (κ1) is 13.1. The van der Waals surface area contributed by atoms with Gasteiger partial charge in [-0.05, 0) is 57.7 Å². The first-order valence-corrected chi connectivity index (χ1v) is 8.02. The lowest BCUT2D eigenvalue weighted by atomic mass is 9.63. The zero-order valence-corrected chi connectivity index (χ0v) is 14.6. The molecule has 2 heteroatoms. The third kappa shape index (κ3) is 2.04. The molecule has 1 aromatic rings. The number of halogens is 2. The maximum absolute atomic E-state index is 2.63. The quantitative estimate of drug-likeness (QED) is 0.391. The van der Waals surface area contributed by atoms with Crippen molar-refractivity contribution < 1.29 is 0 Å². The van der Waals surface area contributed by atoms with Gasteiger partial charge in [0.15, 0.2) is 0 Å². The molecular weight excluding hydrogens is 422 g/mol. The van der Waals surface area contributed by atoms with E-state index >= 15 is 0 Å². The summed E-state index contributed by atoms with van der Waals surface area (Å²) in [5.41, 5.74) is 3.72. The molecule has 0 bridgehead atoms. The van der Waals surface area contributed by atoms with E-state index in [1.165, 1.54) is 9.99 Å². The van der Waals surface area contributed by atoms with Crippen LogP contribution in [-0.2, 0) is 10.8 Å². The van der Waals surface area contributed by atoms with Gasteiger partial charge in [0.2, 0.25) is 0 Å². The maximum atomic E-state index is 2.63. The Morgan fingerprint density at radius 3 is 2.38 bits per heavy atom. The predicted octanol–water partition coefficient (Wildman–Crippen LogP) is 5.05. The Kier molecular flexibility index (Phi) is 3.37. The van der Waals surface area contributed by atoms with Gasteiger partial charge in [0.05, 0.1) is 0 Å². The fraction of sp³-hybridized carbons (Fsp3) is 0.571. The molecule has 1 unspecified atom stereocenters. The van der Waals surface area contributed by atoms with Gasteiger partial charge in [0.1, 0.15) is 0 Å². The summed E-state index contributed by atoms with van der Waals surface area (Å²) in [5, 5.41) is 0. The number of fused-ring (bicyclic) bond motifs is 1. The van der Waals surface area contributed by atoms with Crippen molar-refractivity contribution in [1.82, 2.24) is 0 Å². The number of hydrogen-bond donors (Lipinski definition) is 0. The Morgan fingerprint density at radius 1 is 1.12 bits per heavy atom. The van der Waals surface area contributed by atoms with Crippen LogP contribution in [0.5, 0.6) is 0 Å². The first-order valence-electron chi connectivity index (χ1n) is 5.70. The lowest BCUT2D eigenvalue weighted by molar-refractivity contribution is 0.353. The van der Waals surface area contributed by atoms with E-state index in [0.29, 0.717) is 14.8 Å². The fourth-order valence-corrected chi connectivity index (χ4v) is 4.55. The summed E-state index contributed by atoms with van der Waals surface area (Å²) in [4.78, 5) is 0. The second-order valence-electron chi connectivity index (χ2n) is 5.97. The van der Waals surface area contributed by atoms with Crippen molar-refractivity contribution in [2.24, 2.45) is 0 Å². The van der Waals surface area contributed by atoms with E-state index in [2.05, 4.69) is 91.1 Å². The summed E-state index contributed by atoms with van der Waals surface area (Å²) in [5.74, 6) is 0. The average Bonchev–Trinajstić information content (AvgIpc) is 2.14. The van der Waals surface area contributed by atoms with E-state index in [4.69, 9.17) is 0 Å². The van der Waals surface area contributed by atoms with Crippen molar-refractivity contribution in [3.63, 3.8) is 0 Å². The third-order valence-corrected chi connectivity index (χ3v) is 6.55. The van der Waals surface area contributed by atoms with Gasteiger partial charge >= 0.3 is 0 Å². The van der Waals surface area contributed by atoms with Crippen molar-refractivity contribution >= 4 is 45.2 Å². The molecule has 16 heavy (non-hydrogen) atoms. The van der Waals surface area contributed by atoms with Crippen LogP contribution in [0.3, 0.4) is 0 Å². The molecule has 0 spiro atoms. The number of alkyl halides is 1. The minimum atomic E-state index is 0.301. The first-order chi connectivity index (χ1) is 7.25. The van der Waals surface area contributed by atoms with Gasteiger partial charge in [-0.1, -0.05) is 56.4 Å². The van der Waals surface area contributed by atoms with Crippen molar-refractivity contribution in [3.8, 4) is 0 Å². The van der Waals surface area contributed by atoms with Gasteiger partial charge in [-0.25, -0.2) is 0 Å². The van der Waals surface area contributed by atoms with Crippen molar-refractivity contribution in [2.45, 2.75) is 48.9 Å². The van der Waals surface area contributed by atoms with E-state index in [1.807, 2.05) is 0 Å². The van der Waals surface area contributed by atoms with Crippen LogP contribution in [0.1, 0.15) is 45.2 Å². The van der Waals surface area contributed by atoms with Crippen LogP contribution in [0, 0.1) is 3.57 Å². The molecular formula is C14H18I2. The van der Waals surface area contributed by atoms with Crippen LogP contribution in [0.25, 0.3) is 0 Å². The highest BCUT2D eigenvalue weighted by molar-refractivity contribution is 14.1. The maximum Gasteiger partial charge on any atom is 0.0209 e. The zero-order chi connectivity index (χ0) is 12.1. The molecule has 0 heterocycles. The summed E-state index contributed by atoms with van der Waals surface area (Å²) in [6.07, 6.45) is 1.27. The number of benzene rings is 1. The van der Waals surface area contributed by atoms with Crippen LogP contribution in [0.15, 0.2) is 18.2 Å². The van der Waals surface area contributed by atoms with Crippen LogP contribution >= 0.6 is 45.2 Å². The second-order valence-corrected chi connectivity index (χ2v) is 8.72. The molecule has 1 aromatic carbocycles. The normalized spacial score (nSPS) is 26.2. The fourth-order valence-electron chi connectivity index (χ4n) is 2.62. The van der Waals surface area contributed by atoms with Gasteiger partial charge in [0, 0.05) is 12.9 Å². The molecule has 0 fully saturated rings. The Bertz CT molecular complexity index is 419. The van der Waals surface area contributed by atoms with Gasteiger partial charge in [-0.3, -0.25) is 0 Å². The average molecular weight is 440 g/mol. The highest BCUT2D eigenvalue weighted by Crippen LogP contribution is 2.49. The molecule has 0 aromatic heterocycles. The highest BCUT2D eigenvalue weighted by atomic mass is 127.